The van der Waals surface area contributed by atoms with Crippen molar-refractivity contribution in [3.05, 3.63) is 45.3 Å². The molecule has 2 rings (SSSR count). The van der Waals surface area contributed by atoms with Crippen LogP contribution in [0.1, 0.15) is 19.4 Å². The summed E-state index contributed by atoms with van der Waals surface area (Å²) in [5.74, 6) is -1.01. The van der Waals surface area contributed by atoms with Gasteiger partial charge in [0.05, 0.1) is 10.6 Å². The average molecular weight is 413 g/mol. The number of ether oxygens (including phenoxy) is 2. The molecular formula is C17H14Cl2N2O4S. The minimum Gasteiger partial charge on any atom is -0.477 e. The van der Waals surface area contributed by atoms with E-state index in [0.717, 1.165) is 0 Å². The molecule has 1 heterocycles. The van der Waals surface area contributed by atoms with E-state index in [1.54, 1.807) is 17.5 Å². The first-order valence-corrected chi connectivity index (χ1v) is 9.06. The summed E-state index contributed by atoms with van der Waals surface area (Å²) in [5.41, 5.74) is 0.343. The van der Waals surface area contributed by atoms with Crippen molar-refractivity contribution in [1.29, 1.82) is 5.26 Å². The Kier molecular flexibility index (Phi) is 6.86. The second kappa shape index (κ2) is 8.90. The summed E-state index contributed by atoms with van der Waals surface area (Å²) in [6, 6.07) is 8.14. The van der Waals surface area contributed by atoms with Crippen molar-refractivity contribution < 1.29 is 19.1 Å². The standard InChI is InChI=1S/C17H14Cl2N2O4S/c1-9(15(22)21-16-11(8-20)5-6-26-16)25-17(23)10(2)24-14-4-3-12(18)7-13(14)19/h3-7,9-10H,1-2H3,(H,21,22)/t9-,10-/m0/s1. The van der Waals surface area contributed by atoms with E-state index in [1.807, 2.05) is 6.07 Å². The van der Waals surface area contributed by atoms with Crippen LogP contribution in [0.15, 0.2) is 29.6 Å². The van der Waals surface area contributed by atoms with E-state index < -0.39 is 24.1 Å². The number of carbonyl (C=O) groups excluding carboxylic acids is 2. The van der Waals surface area contributed by atoms with Crippen LogP contribution in [-0.2, 0) is 14.3 Å². The van der Waals surface area contributed by atoms with Gasteiger partial charge in [0, 0.05) is 5.02 Å². The molecular weight excluding hydrogens is 399 g/mol. The van der Waals surface area contributed by atoms with Gasteiger partial charge < -0.3 is 14.8 Å². The zero-order valence-corrected chi connectivity index (χ0v) is 16.1. The van der Waals surface area contributed by atoms with Gasteiger partial charge in [-0.25, -0.2) is 4.79 Å². The number of nitrogens with zero attached hydrogens (tertiary/aromatic N) is 1. The van der Waals surface area contributed by atoms with Crippen molar-refractivity contribution >= 4 is 51.4 Å². The number of hydrogen-bond acceptors (Lipinski definition) is 6. The number of amides is 1. The second-order valence-corrected chi connectivity index (χ2v) is 6.94. The summed E-state index contributed by atoms with van der Waals surface area (Å²) in [4.78, 5) is 24.2. The quantitative estimate of drug-likeness (QED) is 0.715. The molecule has 1 amide bonds. The van der Waals surface area contributed by atoms with Gasteiger partial charge in [0.1, 0.15) is 16.8 Å². The van der Waals surface area contributed by atoms with E-state index in [4.69, 9.17) is 37.9 Å². The van der Waals surface area contributed by atoms with Gasteiger partial charge in [0.25, 0.3) is 5.91 Å². The van der Waals surface area contributed by atoms with E-state index in [-0.39, 0.29) is 10.8 Å². The Balaban J connectivity index is 1.93. The monoisotopic (exact) mass is 412 g/mol. The normalized spacial score (nSPS) is 12.6. The molecule has 0 aliphatic rings. The largest absolute Gasteiger partial charge is 0.477 e. The molecule has 9 heteroatoms. The lowest BCUT2D eigenvalue weighted by Gasteiger charge is -2.18. The number of benzene rings is 1. The van der Waals surface area contributed by atoms with Crippen molar-refractivity contribution in [3.8, 4) is 11.8 Å². The van der Waals surface area contributed by atoms with Gasteiger partial charge in [0.15, 0.2) is 12.2 Å². The predicted molar refractivity (Wildman–Crippen MR) is 99.8 cm³/mol. The number of hydrogen-bond donors (Lipinski definition) is 1. The van der Waals surface area contributed by atoms with Gasteiger partial charge in [-0.2, -0.15) is 5.26 Å². The van der Waals surface area contributed by atoms with Crippen LogP contribution in [0.5, 0.6) is 5.75 Å². The highest BCUT2D eigenvalue weighted by atomic mass is 35.5. The molecule has 0 bridgehead atoms. The predicted octanol–water partition coefficient (Wildman–Crippen LogP) is 4.26. The third kappa shape index (κ3) is 5.11. The van der Waals surface area contributed by atoms with Crippen LogP contribution in [0, 0.1) is 11.3 Å². The lowest BCUT2D eigenvalue weighted by atomic mass is 10.3. The lowest BCUT2D eigenvalue weighted by Crippen LogP contribution is -2.35. The van der Waals surface area contributed by atoms with Gasteiger partial charge in [-0.1, -0.05) is 23.2 Å². The molecule has 2 aromatic rings. The van der Waals surface area contributed by atoms with Crippen LogP contribution in [0.2, 0.25) is 10.0 Å². The van der Waals surface area contributed by atoms with Crippen LogP contribution in [0.3, 0.4) is 0 Å². The number of halogens is 2. The number of nitriles is 1. The molecule has 0 spiro atoms. The minimum atomic E-state index is -1.07. The average Bonchev–Trinajstić information content (AvgIpc) is 3.04. The summed E-state index contributed by atoms with van der Waals surface area (Å²) in [6.07, 6.45) is -2.05. The van der Waals surface area contributed by atoms with Gasteiger partial charge in [0.2, 0.25) is 0 Å². The molecule has 6 nitrogen and oxygen atoms in total. The SMILES string of the molecule is C[C@H](OC(=O)[C@H](C)Oc1ccc(Cl)cc1Cl)C(=O)Nc1sccc1C#N. The van der Waals surface area contributed by atoms with Crippen LogP contribution in [-0.4, -0.2) is 24.1 Å². The fourth-order valence-corrected chi connectivity index (χ4v) is 3.03. The number of anilines is 1. The number of nitrogens with one attached hydrogen (secondary N) is 1. The van der Waals surface area contributed by atoms with Crippen LogP contribution >= 0.6 is 34.5 Å². The Morgan fingerprint density at radius 2 is 1.96 bits per heavy atom. The molecule has 0 unspecified atom stereocenters. The first-order valence-electron chi connectivity index (χ1n) is 7.42. The Morgan fingerprint density at radius 1 is 1.23 bits per heavy atom. The summed E-state index contributed by atoms with van der Waals surface area (Å²) >= 11 is 13.0. The molecule has 1 aromatic heterocycles. The molecule has 0 aliphatic carbocycles. The fraction of sp³-hybridized carbons (Fsp3) is 0.235. The fourth-order valence-electron chi connectivity index (χ4n) is 1.84. The molecule has 0 radical (unpaired) electrons. The van der Waals surface area contributed by atoms with E-state index in [2.05, 4.69) is 5.32 Å². The Hall–Kier alpha value is -2.27. The maximum Gasteiger partial charge on any atom is 0.347 e. The van der Waals surface area contributed by atoms with Crippen molar-refractivity contribution in [2.45, 2.75) is 26.1 Å². The van der Waals surface area contributed by atoms with E-state index in [9.17, 15) is 9.59 Å². The van der Waals surface area contributed by atoms with E-state index >= 15 is 0 Å². The molecule has 0 aliphatic heterocycles. The smallest absolute Gasteiger partial charge is 0.347 e. The summed E-state index contributed by atoms with van der Waals surface area (Å²) < 4.78 is 10.6. The van der Waals surface area contributed by atoms with Crippen molar-refractivity contribution in [1.82, 2.24) is 0 Å². The van der Waals surface area contributed by atoms with Crippen LogP contribution in [0.4, 0.5) is 5.00 Å². The van der Waals surface area contributed by atoms with E-state index in [0.29, 0.717) is 15.6 Å². The number of esters is 1. The Bertz CT molecular complexity index is 863. The molecule has 0 fully saturated rings. The highest BCUT2D eigenvalue weighted by Gasteiger charge is 2.24. The number of carbonyl (C=O) groups is 2. The van der Waals surface area contributed by atoms with Gasteiger partial charge in [-0.15, -0.1) is 11.3 Å². The molecule has 0 saturated carbocycles. The highest BCUT2D eigenvalue weighted by Crippen LogP contribution is 2.28. The molecule has 0 saturated heterocycles. The molecule has 136 valence electrons. The summed E-state index contributed by atoms with van der Waals surface area (Å²) in [6.45, 7) is 2.90. The third-order valence-corrected chi connectivity index (χ3v) is 4.57. The topological polar surface area (TPSA) is 88.4 Å². The van der Waals surface area contributed by atoms with Crippen LogP contribution < -0.4 is 10.1 Å². The Labute approximate surface area is 164 Å². The zero-order valence-electron chi connectivity index (χ0n) is 13.8. The minimum absolute atomic E-state index is 0.254. The highest BCUT2D eigenvalue weighted by molar-refractivity contribution is 7.14. The van der Waals surface area contributed by atoms with E-state index in [1.165, 1.54) is 37.3 Å². The van der Waals surface area contributed by atoms with Gasteiger partial charge >= 0.3 is 5.97 Å². The first-order chi connectivity index (χ1) is 12.3. The molecule has 1 N–H and O–H groups in total. The number of rotatable bonds is 6. The molecule has 2 atom stereocenters. The maximum atomic E-state index is 12.1. The first kappa shape index (κ1) is 20.0. The van der Waals surface area contributed by atoms with Gasteiger partial charge in [-0.05, 0) is 43.5 Å². The summed E-state index contributed by atoms with van der Waals surface area (Å²) in [5, 5.41) is 14.3. The third-order valence-electron chi connectivity index (χ3n) is 3.21. The van der Waals surface area contributed by atoms with Gasteiger partial charge in [-0.3, -0.25) is 4.79 Å². The second-order valence-electron chi connectivity index (χ2n) is 5.18. The van der Waals surface area contributed by atoms with Crippen molar-refractivity contribution in [3.63, 3.8) is 0 Å². The molecule has 1 aromatic carbocycles. The van der Waals surface area contributed by atoms with Crippen LogP contribution in [0.25, 0.3) is 0 Å². The zero-order chi connectivity index (χ0) is 19.3. The summed E-state index contributed by atoms with van der Waals surface area (Å²) in [7, 11) is 0. The lowest BCUT2D eigenvalue weighted by molar-refractivity contribution is -0.159. The molecule has 26 heavy (non-hydrogen) atoms. The van der Waals surface area contributed by atoms with Crippen molar-refractivity contribution in [2.75, 3.05) is 5.32 Å². The Morgan fingerprint density at radius 3 is 2.62 bits per heavy atom. The van der Waals surface area contributed by atoms with Crippen molar-refractivity contribution in [2.24, 2.45) is 0 Å². The number of thiophene rings is 1. The maximum absolute atomic E-state index is 12.1.